The van der Waals surface area contributed by atoms with Crippen molar-refractivity contribution in [3.05, 3.63) is 45.8 Å². The third-order valence-electron chi connectivity index (χ3n) is 5.66. The molecule has 1 aromatic carbocycles. The summed E-state index contributed by atoms with van der Waals surface area (Å²) in [6.45, 7) is 13.7. The first-order chi connectivity index (χ1) is 15.6. The molecule has 1 aliphatic heterocycles. The van der Waals surface area contributed by atoms with Crippen molar-refractivity contribution >= 4 is 59.7 Å². The Morgan fingerprint density at radius 1 is 1.25 bits per heavy atom. The topological polar surface area (TPSA) is 45.2 Å². The lowest BCUT2D eigenvalue weighted by atomic mass is 9.89. The van der Waals surface area contributed by atoms with Crippen LogP contribution in [0.3, 0.4) is 0 Å². The van der Waals surface area contributed by atoms with Crippen molar-refractivity contribution in [2.75, 3.05) is 11.9 Å². The van der Waals surface area contributed by atoms with Gasteiger partial charge in [-0.1, -0.05) is 56.6 Å². The number of hydrogen-bond acceptors (Lipinski definition) is 5. The second-order valence-corrected chi connectivity index (χ2v) is 10.4. The highest BCUT2D eigenvalue weighted by molar-refractivity contribution is 9.10. The average Bonchev–Trinajstić information content (AvgIpc) is 3.34. The molecule has 0 bridgehead atoms. The van der Waals surface area contributed by atoms with E-state index in [1.165, 1.54) is 35.8 Å². The summed E-state index contributed by atoms with van der Waals surface area (Å²) >= 11 is 6.93. The molecule has 2 aliphatic rings. The second kappa shape index (κ2) is 11.5. The standard InChI is InChI=1S/C21H20BrN3OS2.2C2H6/c1-2-18(26)24-21-19(20-23-15-10-12(22)6-7-16(15)27-20)14-8-9-25(11-17(14)28-21)13-4-3-5-13;2*1-2/h2,6-7,10,13H,1,3-5,8-9,11H2,(H,24,26);2*1-2H3. The smallest absolute Gasteiger partial charge is 0.248 e. The van der Waals surface area contributed by atoms with Crippen LogP contribution in [-0.2, 0) is 17.8 Å². The largest absolute Gasteiger partial charge is 0.314 e. The van der Waals surface area contributed by atoms with Crippen molar-refractivity contribution in [1.29, 1.82) is 0 Å². The van der Waals surface area contributed by atoms with E-state index in [1.54, 1.807) is 22.7 Å². The van der Waals surface area contributed by atoms with Crippen LogP contribution in [0.1, 0.15) is 57.4 Å². The van der Waals surface area contributed by atoms with Crippen molar-refractivity contribution in [3.8, 4) is 10.6 Å². The third-order valence-corrected chi connectivity index (χ3v) is 8.34. The zero-order chi connectivity index (χ0) is 23.3. The molecule has 3 aromatic rings. The number of carbonyl (C=O) groups is 1. The van der Waals surface area contributed by atoms with Crippen LogP contribution in [0.25, 0.3) is 20.8 Å². The Bertz CT molecular complexity index is 1080. The molecule has 0 atom stereocenters. The van der Waals surface area contributed by atoms with Crippen molar-refractivity contribution in [1.82, 2.24) is 9.88 Å². The number of carbonyl (C=O) groups excluding carboxylic acids is 1. The van der Waals surface area contributed by atoms with E-state index >= 15 is 0 Å². The van der Waals surface area contributed by atoms with Gasteiger partial charge in [-0.15, -0.1) is 22.7 Å². The number of halogens is 1. The molecule has 0 spiro atoms. The highest BCUT2D eigenvalue weighted by Gasteiger charge is 2.32. The van der Waals surface area contributed by atoms with Crippen LogP contribution in [0.4, 0.5) is 5.00 Å². The Hall–Kier alpha value is -1.54. The molecule has 1 aliphatic carbocycles. The normalized spacial score (nSPS) is 15.5. The minimum absolute atomic E-state index is 0.167. The van der Waals surface area contributed by atoms with Gasteiger partial charge in [0.15, 0.2) is 0 Å². The van der Waals surface area contributed by atoms with Gasteiger partial charge in [0.25, 0.3) is 0 Å². The average molecular weight is 535 g/mol. The van der Waals surface area contributed by atoms with Crippen LogP contribution in [-0.4, -0.2) is 28.4 Å². The lowest BCUT2D eigenvalue weighted by molar-refractivity contribution is -0.111. The molecule has 0 unspecified atom stereocenters. The van der Waals surface area contributed by atoms with E-state index in [0.29, 0.717) is 0 Å². The summed E-state index contributed by atoms with van der Waals surface area (Å²) in [5.41, 5.74) is 3.46. The van der Waals surface area contributed by atoms with Crippen molar-refractivity contribution in [2.45, 2.75) is 66.0 Å². The number of nitrogens with zero attached hydrogens (tertiary/aromatic N) is 2. The van der Waals surface area contributed by atoms with Gasteiger partial charge in [-0.3, -0.25) is 9.69 Å². The van der Waals surface area contributed by atoms with Gasteiger partial charge >= 0.3 is 0 Å². The molecule has 1 N–H and O–H groups in total. The monoisotopic (exact) mass is 533 g/mol. The molecular formula is C25H32BrN3OS2. The molecule has 2 aromatic heterocycles. The lowest BCUT2D eigenvalue weighted by Gasteiger charge is -2.39. The fourth-order valence-corrected chi connectivity index (χ4v) is 6.69. The van der Waals surface area contributed by atoms with Gasteiger partial charge in [0.2, 0.25) is 5.91 Å². The first-order valence-corrected chi connectivity index (χ1v) is 13.9. The van der Waals surface area contributed by atoms with E-state index in [1.807, 2.05) is 33.8 Å². The number of amides is 1. The number of thiophene rings is 1. The summed E-state index contributed by atoms with van der Waals surface area (Å²) in [4.78, 5) is 21.0. The number of anilines is 1. The minimum atomic E-state index is -0.167. The van der Waals surface area contributed by atoms with Crippen LogP contribution in [0.15, 0.2) is 35.3 Å². The molecule has 4 nitrogen and oxygen atoms in total. The summed E-state index contributed by atoms with van der Waals surface area (Å²) in [6.07, 6.45) is 6.34. The van der Waals surface area contributed by atoms with Gasteiger partial charge < -0.3 is 5.32 Å². The Balaban J connectivity index is 0.000000686. The molecular weight excluding hydrogens is 502 g/mol. The van der Waals surface area contributed by atoms with Crippen LogP contribution >= 0.6 is 38.6 Å². The summed E-state index contributed by atoms with van der Waals surface area (Å²) < 4.78 is 2.19. The summed E-state index contributed by atoms with van der Waals surface area (Å²) in [7, 11) is 0. The molecule has 172 valence electrons. The van der Waals surface area contributed by atoms with Crippen LogP contribution in [0.5, 0.6) is 0 Å². The Labute approximate surface area is 207 Å². The maximum absolute atomic E-state index is 12.1. The van der Waals surface area contributed by atoms with E-state index in [9.17, 15) is 4.79 Å². The number of aromatic nitrogens is 1. The third kappa shape index (κ3) is 5.16. The van der Waals surface area contributed by atoms with Crippen molar-refractivity contribution in [2.24, 2.45) is 0 Å². The SMILES string of the molecule is C=CC(=O)Nc1sc2c(c1-c1nc3cc(Br)ccc3s1)CCN(C1CCC1)C2.CC.CC. The van der Waals surface area contributed by atoms with E-state index in [4.69, 9.17) is 4.98 Å². The molecule has 1 fully saturated rings. The van der Waals surface area contributed by atoms with Gasteiger partial charge in [-0.2, -0.15) is 0 Å². The highest BCUT2D eigenvalue weighted by Crippen LogP contribution is 2.46. The van der Waals surface area contributed by atoms with Gasteiger partial charge in [0, 0.05) is 34.0 Å². The van der Waals surface area contributed by atoms with Gasteiger partial charge in [0.1, 0.15) is 10.0 Å². The molecule has 32 heavy (non-hydrogen) atoms. The molecule has 5 rings (SSSR count). The fraction of sp³-hybridized carbons (Fsp3) is 0.440. The predicted molar refractivity (Wildman–Crippen MR) is 144 cm³/mol. The summed E-state index contributed by atoms with van der Waals surface area (Å²) in [5, 5.41) is 4.94. The number of hydrogen-bond donors (Lipinski definition) is 1. The maximum Gasteiger partial charge on any atom is 0.248 e. The van der Waals surface area contributed by atoms with Crippen LogP contribution in [0.2, 0.25) is 0 Å². The molecule has 1 saturated carbocycles. The van der Waals surface area contributed by atoms with Crippen molar-refractivity contribution in [3.63, 3.8) is 0 Å². The van der Waals surface area contributed by atoms with Crippen LogP contribution in [0, 0.1) is 0 Å². The van der Waals surface area contributed by atoms with Gasteiger partial charge in [-0.05, 0) is 49.1 Å². The van der Waals surface area contributed by atoms with Gasteiger partial charge in [0.05, 0.1) is 10.2 Å². The van der Waals surface area contributed by atoms with Crippen LogP contribution < -0.4 is 5.32 Å². The molecule has 0 radical (unpaired) electrons. The number of thiazole rings is 1. The summed E-state index contributed by atoms with van der Waals surface area (Å²) in [5.74, 6) is -0.167. The quantitative estimate of drug-likeness (QED) is 0.347. The maximum atomic E-state index is 12.1. The number of nitrogens with one attached hydrogen (secondary N) is 1. The highest BCUT2D eigenvalue weighted by atomic mass is 79.9. The van der Waals surface area contributed by atoms with Crippen molar-refractivity contribution < 1.29 is 4.79 Å². The van der Waals surface area contributed by atoms with Gasteiger partial charge in [-0.25, -0.2) is 4.98 Å². The molecule has 1 amide bonds. The predicted octanol–water partition coefficient (Wildman–Crippen LogP) is 7.87. The first kappa shape index (κ1) is 25.1. The van der Waals surface area contributed by atoms with E-state index < -0.39 is 0 Å². The Morgan fingerprint density at radius 2 is 2.00 bits per heavy atom. The minimum Gasteiger partial charge on any atom is -0.314 e. The lowest BCUT2D eigenvalue weighted by Crippen LogP contribution is -2.42. The Morgan fingerprint density at radius 3 is 2.66 bits per heavy atom. The zero-order valence-electron chi connectivity index (χ0n) is 19.3. The number of benzene rings is 1. The van der Waals surface area contributed by atoms with E-state index in [2.05, 4.69) is 44.9 Å². The second-order valence-electron chi connectivity index (χ2n) is 7.34. The van der Waals surface area contributed by atoms with E-state index in [-0.39, 0.29) is 5.91 Å². The summed E-state index contributed by atoms with van der Waals surface area (Å²) in [6, 6.07) is 6.93. The number of fused-ring (bicyclic) bond motifs is 2. The first-order valence-electron chi connectivity index (χ1n) is 11.5. The number of rotatable bonds is 4. The van der Waals surface area contributed by atoms with E-state index in [0.717, 1.165) is 55.8 Å². The zero-order valence-corrected chi connectivity index (χ0v) is 22.6. The Kier molecular flexibility index (Phi) is 9.05. The molecule has 0 saturated heterocycles. The molecule has 3 heterocycles. The fourth-order valence-electron chi connectivity index (χ4n) is 3.97. The molecule has 7 heteroatoms.